The average molecular weight is 413 g/mol. The Bertz CT molecular complexity index is 1170. The molecule has 0 aliphatic heterocycles. The number of hydrogen-bond donors (Lipinski definition) is 1. The van der Waals surface area contributed by atoms with Crippen LogP contribution in [-0.2, 0) is 0 Å². The predicted octanol–water partition coefficient (Wildman–Crippen LogP) is 5.19. The lowest BCUT2D eigenvalue weighted by molar-refractivity contribution is 0.0927. The third-order valence-corrected chi connectivity index (χ3v) is 7.19. The SMILES string of the molecule is CC[C@@H](NC(=O)c1ccc(C#N)cc1)[C@H]1[C@@H]2C[C@@H](c3ccnc4ccc(F)cc34)C[C@@H]21. The molecule has 1 N–H and O–H groups in total. The quantitative estimate of drug-likeness (QED) is 0.626. The lowest BCUT2D eigenvalue weighted by atomic mass is 9.88. The number of benzene rings is 2. The number of carbonyl (C=O) groups excluding carboxylic acids is 1. The number of nitrogens with one attached hydrogen (secondary N) is 1. The second-order valence-corrected chi connectivity index (χ2v) is 8.81. The number of nitriles is 1. The summed E-state index contributed by atoms with van der Waals surface area (Å²) in [5.41, 5.74) is 3.18. The summed E-state index contributed by atoms with van der Waals surface area (Å²) < 4.78 is 13.8. The third-order valence-electron chi connectivity index (χ3n) is 7.19. The van der Waals surface area contributed by atoms with Crippen LogP contribution in [0.15, 0.2) is 54.7 Å². The molecule has 1 amide bonds. The lowest BCUT2D eigenvalue weighted by Gasteiger charge is -2.22. The molecule has 5 heteroatoms. The molecular formula is C26H24FN3O. The molecule has 1 aromatic heterocycles. The van der Waals surface area contributed by atoms with Gasteiger partial charge in [0.15, 0.2) is 0 Å². The number of nitrogens with zero attached hydrogens (tertiary/aromatic N) is 2. The van der Waals surface area contributed by atoms with Gasteiger partial charge in [0.1, 0.15) is 5.82 Å². The topological polar surface area (TPSA) is 65.8 Å². The first-order valence-electron chi connectivity index (χ1n) is 10.9. The summed E-state index contributed by atoms with van der Waals surface area (Å²) in [5, 5.41) is 13.1. The minimum atomic E-state index is -0.223. The molecular weight excluding hydrogens is 389 g/mol. The molecule has 156 valence electrons. The highest BCUT2D eigenvalue weighted by Crippen LogP contribution is 2.64. The van der Waals surface area contributed by atoms with E-state index in [9.17, 15) is 9.18 Å². The number of aromatic nitrogens is 1. The van der Waals surface area contributed by atoms with Crippen LogP contribution >= 0.6 is 0 Å². The van der Waals surface area contributed by atoms with Crippen LogP contribution in [0.3, 0.4) is 0 Å². The van der Waals surface area contributed by atoms with E-state index in [1.54, 1.807) is 36.4 Å². The molecule has 2 saturated carbocycles. The zero-order chi connectivity index (χ0) is 21.5. The summed E-state index contributed by atoms with van der Waals surface area (Å²) in [6.07, 6.45) is 4.87. The number of hydrogen-bond acceptors (Lipinski definition) is 3. The summed E-state index contributed by atoms with van der Waals surface area (Å²) in [4.78, 5) is 17.1. The van der Waals surface area contributed by atoms with Gasteiger partial charge in [0.05, 0.1) is 17.1 Å². The minimum absolute atomic E-state index is 0.0755. The van der Waals surface area contributed by atoms with Gasteiger partial charge in [-0.05, 0) is 97.0 Å². The third kappa shape index (κ3) is 3.57. The van der Waals surface area contributed by atoms with Gasteiger partial charge in [-0.2, -0.15) is 5.26 Å². The maximum absolute atomic E-state index is 13.8. The molecule has 0 saturated heterocycles. The smallest absolute Gasteiger partial charge is 0.251 e. The van der Waals surface area contributed by atoms with Crippen LogP contribution in [0.25, 0.3) is 10.9 Å². The fraction of sp³-hybridized carbons (Fsp3) is 0.346. The van der Waals surface area contributed by atoms with E-state index in [0.29, 0.717) is 34.8 Å². The molecule has 0 bridgehead atoms. The van der Waals surface area contributed by atoms with Gasteiger partial charge in [0, 0.05) is 23.2 Å². The Labute approximate surface area is 181 Å². The van der Waals surface area contributed by atoms with Crippen LogP contribution in [0.1, 0.15) is 53.6 Å². The Morgan fingerprint density at radius 3 is 2.61 bits per heavy atom. The number of halogens is 1. The van der Waals surface area contributed by atoms with Crippen molar-refractivity contribution in [3.05, 3.63) is 77.2 Å². The fourth-order valence-corrected chi connectivity index (χ4v) is 5.66. The molecule has 2 aromatic carbocycles. The van der Waals surface area contributed by atoms with E-state index >= 15 is 0 Å². The number of amides is 1. The molecule has 31 heavy (non-hydrogen) atoms. The highest BCUT2D eigenvalue weighted by atomic mass is 19.1. The van der Waals surface area contributed by atoms with Crippen molar-refractivity contribution in [2.24, 2.45) is 17.8 Å². The molecule has 2 aliphatic rings. The standard InChI is InChI=1S/C26H24FN3O/c1-2-23(30-26(31)16-5-3-15(14-28)4-6-16)25-21-11-17(12-22(21)25)19-9-10-29-24-8-7-18(27)13-20(19)24/h3-10,13,17,21-23,25H,2,11-12H2,1H3,(H,30,31)/t17-,21-,22+,23-,25+/m1/s1. The Balaban J connectivity index is 1.26. The normalized spacial score (nSPS) is 24.9. The van der Waals surface area contributed by atoms with Gasteiger partial charge >= 0.3 is 0 Å². The Morgan fingerprint density at radius 1 is 1.19 bits per heavy atom. The molecule has 0 unspecified atom stereocenters. The zero-order valence-corrected chi connectivity index (χ0v) is 17.4. The number of pyridine rings is 1. The zero-order valence-electron chi connectivity index (χ0n) is 17.4. The molecule has 0 radical (unpaired) electrons. The van der Waals surface area contributed by atoms with Crippen molar-refractivity contribution in [1.82, 2.24) is 10.3 Å². The van der Waals surface area contributed by atoms with E-state index in [4.69, 9.17) is 5.26 Å². The molecule has 2 fully saturated rings. The maximum Gasteiger partial charge on any atom is 0.251 e. The van der Waals surface area contributed by atoms with Crippen LogP contribution in [0.5, 0.6) is 0 Å². The molecule has 5 rings (SSSR count). The second-order valence-electron chi connectivity index (χ2n) is 8.81. The van der Waals surface area contributed by atoms with Crippen molar-refractivity contribution in [3.63, 3.8) is 0 Å². The largest absolute Gasteiger partial charge is 0.349 e. The van der Waals surface area contributed by atoms with Crippen LogP contribution in [0, 0.1) is 34.9 Å². The summed E-state index contributed by atoms with van der Waals surface area (Å²) in [6, 6.07) is 15.8. The maximum atomic E-state index is 13.8. The van der Waals surface area contributed by atoms with Crippen molar-refractivity contribution in [3.8, 4) is 6.07 Å². The van der Waals surface area contributed by atoms with Crippen molar-refractivity contribution >= 4 is 16.8 Å². The van der Waals surface area contributed by atoms with E-state index in [-0.39, 0.29) is 17.8 Å². The fourth-order valence-electron chi connectivity index (χ4n) is 5.66. The molecule has 2 aliphatic carbocycles. The molecule has 4 nitrogen and oxygen atoms in total. The highest BCUT2D eigenvalue weighted by molar-refractivity contribution is 5.94. The average Bonchev–Trinajstić information content (AvgIpc) is 3.28. The lowest BCUT2D eigenvalue weighted by Crippen LogP contribution is -2.37. The van der Waals surface area contributed by atoms with Gasteiger partial charge < -0.3 is 5.32 Å². The Kier molecular flexibility index (Phi) is 4.94. The van der Waals surface area contributed by atoms with Crippen molar-refractivity contribution in [2.75, 3.05) is 0 Å². The van der Waals surface area contributed by atoms with Gasteiger partial charge in [-0.1, -0.05) is 6.92 Å². The molecule has 5 atom stereocenters. The first-order chi connectivity index (χ1) is 15.1. The van der Waals surface area contributed by atoms with E-state index in [1.807, 2.05) is 12.3 Å². The summed E-state index contributed by atoms with van der Waals surface area (Å²) in [5.74, 6) is 1.84. The minimum Gasteiger partial charge on any atom is -0.349 e. The van der Waals surface area contributed by atoms with Crippen LogP contribution in [0.2, 0.25) is 0 Å². The van der Waals surface area contributed by atoms with Gasteiger partial charge in [0.25, 0.3) is 5.91 Å². The Hall–Kier alpha value is -3.26. The first kappa shape index (κ1) is 19.7. The number of fused-ring (bicyclic) bond motifs is 2. The van der Waals surface area contributed by atoms with E-state index in [1.165, 1.54) is 11.6 Å². The summed E-state index contributed by atoms with van der Waals surface area (Å²) >= 11 is 0. The van der Waals surface area contributed by atoms with Crippen molar-refractivity contribution in [1.29, 1.82) is 5.26 Å². The van der Waals surface area contributed by atoms with Gasteiger partial charge in [-0.15, -0.1) is 0 Å². The molecule has 0 spiro atoms. The van der Waals surface area contributed by atoms with E-state index in [2.05, 4.69) is 23.3 Å². The van der Waals surface area contributed by atoms with Crippen LogP contribution in [-0.4, -0.2) is 16.9 Å². The first-order valence-corrected chi connectivity index (χ1v) is 10.9. The van der Waals surface area contributed by atoms with Crippen molar-refractivity contribution in [2.45, 2.75) is 38.1 Å². The van der Waals surface area contributed by atoms with Gasteiger partial charge in [-0.25, -0.2) is 4.39 Å². The molecule has 1 heterocycles. The van der Waals surface area contributed by atoms with E-state index in [0.717, 1.165) is 30.2 Å². The van der Waals surface area contributed by atoms with Crippen LogP contribution < -0.4 is 5.32 Å². The van der Waals surface area contributed by atoms with E-state index < -0.39 is 0 Å². The summed E-state index contributed by atoms with van der Waals surface area (Å²) in [6.45, 7) is 2.12. The molecule has 3 aromatic rings. The van der Waals surface area contributed by atoms with Gasteiger partial charge in [0.2, 0.25) is 0 Å². The van der Waals surface area contributed by atoms with Crippen molar-refractivity contribution < 1.29 is 9.18 Å². The number of carbonyl (C=O) groups is 1. The van der Waals surface area contributed by atoms with Crippen LogP contribution in [0.4, 0.5) is 4.39 Å². The Morgan fingerprint density at radius 2 is 1.94 bits per heavy atom. The number of rotatable bonds is 5. The van der Waals surface area contributed by atoms with Gasteiger partial charge in [-0.3, -0.25) is 9.78 Å². The monoisotopic (exact) mass is 413 g/mol. The second kappa shape index (κ2) is 7.77. The summed E-state index contributed by atoms with van der Waals surface area (Å²) in [7, 11) is 0. The predicted molar refractivity (Wildman–Crippen MR) is 117 cm³/mol. The highest BCUT2D eigenvalue weighted by Gasteiger charge is 2.58.